The van der Waals surface area contributed by atoms with Crippen LogP contribution in [0.1, 0.15) is 25.7 Å². The highest BCUT2D eigenvalue weighted by Gasteiger charge is 2.27. The number of benzene rings is 1. The van der Waals surface area contributed by atoms with Crippen LogP contribution in [0.2, 0.25) is 5.02 Å². The van der Waals surface area contributed by atoms with Crippen molar-refractivity contribution in [3.8, 4) is 0 Å². The van der Waals surface area contributed by atoms with E-state index in [-0.39, 0.29) is 23.0 Å². The fraction of sp³-hybridized carbons (Fsp3) is 0.333. The fourth-order valence-electron chi connectivity index (χ4n) is 3.67. The van der Waals surface area contributed by atoms with Crippen molar-refractivity contribution in [2.45, 2.75) is 31.7 Å². The van der Waals surface area contributed by atoms with Crippen LogP contribution in [0, 0.1) is 11.7 Å². The summed E-state index contributed by atoms with van der Waals surface area (Å²) in [5.41, 5.74) is 1.87. The number of hydrogen-bond acceptors (Lipinski definition) is 7. The lowest BCUT2D eigenvalue weighted by atomic mass is 9.86. The molecule has 0 spiro atoms. The van der Waals surface area contributed by atoms with Crippen LogP contribution in [0.25, 0.3) is 11.0 Å². The minimum Gasteiger partial charge on any atom is -0.469 e. The van der Waals surface area contributed by atoms with E-state index in [2.05, 4.69) is 25.6 Å². The molecule has 0 aliphatic heterocycles. The van der Waals surface area contributed by atoms with Crippen molar-refractivity contribution in [2.75, 3.05) is 17.7 Å². The van der Waals surface area contributed by atoms with Gasteiger partial charge in [0.1, 0.15) is 23.5 Å². The number of rotatable bonds is 5. The maximum Gasteiger partial charge on any atom is 0.308 e. The number of fused-ring (bicyclic) bond motifs is 1. The van der Waals surface area contributed by atoms with Crippen molar-refractivity contribution in [1.82, 2.24) is 15.0 Å². The Kier molecular flexibility index (Phi) is 5.94. The molecule has 2 aromatic heterocycles. The van der Waals surface area contributed by atoms with E-state index in [1.54, 1.807) is 6.07 Å². The highest BCUT2D eigenvalue weighted by Crippen LogP contribution is 2.29. The summed E-state index contributed by atoms with van der Waals surface area (Å²) >= 11 is 5.87. The molecule has 2 heterocycles. The zero-order valence-corrected chi connectivity index (χ0v) is 17.1. The molecule has 1 aromatic carbocycles. The molecule has 1 aliphatic rings. The molecule has 156 valence electrons. The van der Waals surface area contributed by atoms with Gasteiger partial charge in [-0.25, -0.2) is 19.3 Å². The number of nitrogens with zero attached hydrogens (tertiary/aromatic N) is 3. The number of anilines is 3. The monoisotopic (exact) mass is 429 g/mol. The van der Waals surface area contributed by atoms with E-state index in [0.29, 0.717) is 28.4 Å². The number of esters is 1. The Hall–Kier alpha value is -3.00. The average Bonchev–Trinajstić information content (AvgIpc) is 2.77. The highest BCUT2D eigenvalue weighted by atomic mass is 35.5. The maximum atomic E-state index is 13.4. The topological polar surface area (TPSA) is 89.0 Å². The maximum absolute atomic E-state index is 13.4. The number of carbonyl (C=O) groups excluding carboxylic acids is 1. The van der Waals surface area contributed by atoms with E-state index in [1.807, 2.05) is 12.1 Å². The minimum atomic E-state index is -0.485. The molecule has 1 saturated carbocycles. The standard InChI is InChI=1S/C21H21ClFN5O2/c1-30-21(29)12-2-4-13(5-3-12)26-18-9-8-17-19(28-18)20(25-11-24-17)27-14-6-7-16(23)15(22)10-14/h6-13H,2-5H2,1H3,(H,26,28)(H,24,25,27). The molecule has 0 unspecified atom stereocenters. The van der Waals surface area contributed by atoms with Crippen LogP contribution >= 0.6 is 11.6 Å². The van der Waals surface area contributed by atoms with E-state index in [4.69, 9.17) is 16.3 Å². The summed E-state index contributed by atoms with van der Waals surface area (Å²) in [6.45, 7) is 0. The smallest absolute Gasteiger partial charge is 0.308 e. The van der Waals surface area contributed by atoms with E-state index >= 15 is 0 Å². The molecule has 30 heavy (non-hydrogen) atoms. The number of halogens is 2. The lowest BCUT2D eigenvalue weighted by molar-refractivity contribution is -0.146. The van der Waals surface area contributed by atoms with Crippen molar-refractivity contribution < 1.29 is 13.9 Å². The fourth-order valence-corrected chi connectivity index (χ4v) is 3.85. The summed E-state index contributed by atoms with van der Waals surface area (Å²) in [7, 11) is 1.43. The second-order valence-corrected chi connectivity index (χ2v) is 7.66. The predicted octanol–water partition coefficient (Wildman–Crippen LogP) is 4.70. The Morgan fingerprint density at radius 2 is 1.97 bits per heavy atom. The molecule has 3 aromatic rings. The molecule has 0 radical (unpaired) electrons. The quantitative estimate of drug-likeness (QED) is 0.568. The van der Waals surface area contributed by atoms with E-state index < -0.39 is 5.82 Å². The molecular weight excluding hydrogens is 409 g/mol. The van der Waals surface area contributed by atoms with Crippen LogP contribution in [0.5, 0.6) is 0 Å². The van der Waals surface area contributed by atoms with Crippen molar-refractivity contribution in [3.63, 3.8) is 0 Å². The summed E-state index contributed by atoms with van der Waals surface area (Å²) in [5.74, 6) is 0.566. The number of ether oxygens (including phenoxy) is 1. The SMILES string of the molecule is COC(=O)C1CCC(Nc2ccc3ncnc(Nc4ccc(F)c(Cl)c4)c3n2)CC1. The number of pyridine rings is 1. The summed E-state index contributed by atoms with van der Waals surface area (Å²) in [6, 6.07) is 8.34. The average molecular weight is 430 g/mol. The number of nitrogens with one attached hydrogen (secondary N) is 2. The van der Waals surface area contributed by atoms with Gasteiger partial charge in [-0.15, -0.1) is 0 Å². The number of aromatic nitrogens is 3. The number of hydrogen-bond donors (Lipinski definition) is 2. The van der Waals surface area contributed by atoms with Crippen molar-refractivity contribution in [2.24, 2.45) is 5.92 Å². The van der Waals surface area contributed by atoms with E-state index in [0.717, 1.165) is 25.7 Å². The molecule has 0 bridgehead atoms. The van der Waals surface area contributed by atoms with Crippen LogP contribution in [0.3, 0.4) is 0 Å². The lowest BCUT2D eigenvalue weighted by Gasteiger charge is -2.28. The zero-order chi connectivity index (χ0) is 21.1. The molecule has 7 nitrogen and oxygen atoms in total. The summed E-state index contributed by atoms with van der Waals surface area (Å²) in [6.07, 6.45) is 4.75. The first-order chi connectivity index (χ1) is 14.5. The van der Waals surface area contributed by atoms with Crippen LogP contribution in [-0.4, -0.2) is 34.1 Å². The van der Waals surface area contributed by atoms with Gasteiger partial charge in [0.25, 0.3) is 0 Å². The third-order valence-corrected chi connectivity index (χ3v) is 5.57. The molecular formula is C21H21ClFN5O2. The predicted molar refractivity (Wildman–Crippen MR) is 113 cm³/mol. The second kappa shape index (κ2) is 8.79. The highest BCUT2D eigenvalue weighted by molar-refractivity contribution is 6.31. The Morgan fingerprint density at radius 3 is 2.70 bits per heavy atom. The second-order valence-electron chi connectivity index (χ2n) is 7.26. The summed E-state index contributed by atoms with van der Waals surface area (Å²) in [5, 5.41) is 6.59. The van der Waals surface area contributed by atoms with Crippen molar-refractivity contribution >= 4 is 45.9 Å². The van der Waals surface area contributed by atoms with E-state index in [1.165, 1.54) is 25.6 Å². The van der Waals surface area contributed by atoms with Crippen LogP contribution < -0.4 is 10.6 Å². The van der Waals surface area contributed by atoms with Gasteiger partial charge in [-0.2, -0.15) is 0 Å². The first-order valence-electron chi connectivity index (χ1n) is 9.71. The molecule has 4 rings (SSSR count). The van der Waals surface area contributed by atoms with Gasteiger partial charge in [0.2, 0.25) is 0 Å². The Morgan fingerprint density at radius 1 is 1.17 bits per heavy atom. The molecule has 9 heteroatoms. The van der Waals surface area contributed by atoms with Gasteiger partial charge >= 0.3 is 5.97 Å². The van der Waals surface area contributed by atoms with Crippen LogP contribution in [0.4, 0.5) is 21.7 Å². The van der Waals surface area contributed by atoms with Gasteiger partial charge in [-0.05, 0) is 56.0 Å². The van der Waals surface area contributed by atoms with Gasteiger partial charge in [0.05, 0.1) is 23.6 Å². The Labute approximate surface area is 178 Å². The van der Waals surface area contributed by atoms with Crippen LogP contribution in [-0.2, 0) is 9.53 Å². The van der Waals surface area contributed by atoms with Gasteiger partial charge in [0.15, 0.2) is 5.82 Å². The van der Waals surface area contributed by atoms with Crippen molar-refractivity contribution in [3.05, 3.63) is 47.5 Å². The Bertz CT molecular complexity index is 1070. The third kappa shape index (κ3) is 4.43. The molecule has 1 fully saturated rings. The number of carbonyl (C=O) groups is 1. The van der Waals surface area contributed by atoms with Gasteiger partial charge in [-0.3, -0.25) is 4.79 Å². The van der Waals surface area contributed by atoms with Gasteiger partial charge in [0, 0.05) is 11.7 Å². The van der Waals surface area contributed by atoms with Crippen molar-refractivity contribution in [1.29, 1.82) is 0 Å². The summed E-state index contributed by atoms with van der Waals surface area (Å²) < 4.78 is 18.3. The van der Waals surface area contributed by atoms with Crippen LogP contribution in [0.15, 0.2) is 36.7 Å². The molecule has 0 atom stereocenters. The molecule has 2 N–H and O–H groups in total. The number of methoxy groups -OCH3 is 1. The normalized spacial score (nSPS) is 18.8. The molecule has 1 aliphatic carbocycles. The molecule has 0 amide bonds. The molecule has 0 saturated heterocycles. The van der Waals surface area contributed by atoms with Gasteiger partial charge < -0.3 is 15.4 Å². The third-order valence-electron chi connectivity index (χ3n) is 5.28. The first-order valence-corrected chi connectivity index (χ1v) is 10.1. The zero-order valence-electron chi connectivity index (χ0n) is 16.4. The first kappa shape index (κ1) is 20.3. The summed E-state index contributed by atoms with van der Waals surface area (Å²) in [4.78, 5) is 24.9. The van der Waals surface area contributed by atoms with E-state index in [9.17, 15) is 9.18 Å². The minimum absolute atomic E-state index is 0.0238. The van der Waals surface area contributed by atoms with Gasteiger partial charge in [-0.1, -0.05) is 11.6 Å². The lowest BCUT2D eigenvalue weighted by Crippen LogP contribution is -2.30. The Balaban J connectivity index is 1.51. The largest absolute Gasteiger partial charge is 0.469 e.